The molecule has 0 saturated carbocycles. The second-order valence-electron chi connectivity index (χ2n) is 2.83. The Labute approximate surface area is 78.8 Å². The van der Waals surface area contributed by atoms with E-state index in [0.29, 0.717) is 16.7 Å². The topological polar surface area (TPSA) is 105 Å². The van der Waals surface area contributed by atoms with Crippen LogP contribution in [0.5, 0.6) is 0 Å². The summed E-state index contributed by atoms with van der Waals surface area (Å²) in [4.78, 5) is 14.6. The van der Waals surface area contributed by atoms with Crippen molar-refractivity contribution in [3.8, 4) is 0 Å². The zero-order chi connectivity index (χ0) is 10.1. The molecule has 4 N–H and O–H groups in total. The molecular weight excluding hydrogens is 184 g/mol. The number of nitrogens with two attached hydrogens (primary N) is 1. The van der Waals surface area contributed by atoms with Crippen LogP contribution in [0, 0.1) is 0 Å². The summed E-state index contributed by atoms with van der Waals surface area (Å²) >= 11 is 0. The van der Waals surface area contributed by atoms with Gasteiger partial charge >= 0.3 is 5.97 Å². The molecule has 1 atom stereocenters. The molecule has 0 aliphatic carbocycles. The fourth-order valence-electron chi connectivity index (χ4n) is 1.23. The van der Waals surface area contributed by atoms with Crippen LogP contribution in [0.2, 0.25) is 0 Å². The Kier molecular flexibility index (Phi) is 1.90. The lowest BCUT2D eigenvalue weighted by Gasteiger charge is -2.02. The van der Waals surface area contributed by atoms with Gasteiger partial charge in [0.1, 0.15) is 6.04 Å². The Balaban J connectivity index is 2.58. The lowest BCUT2D eigenvalue weighted by atomic mass is 10.1. The number of aromatic nitrogens is 3. The van der Waals surface area contributed by atoms with Gasteiger partial charge in [0, 0.05) is 11.6 Å². The molecule has 0 radical (unpaired) electrons. The van der Waals surface area contributed by atoms with Crippen LogP contribution >= 0.6 is 0 Å². The molecule has 0 saturated heterocycles. The minimum Gasteiger partial charge on any atom is -0.480 e. The number of H-pyrrole nitrogens is 1. The minimum atomic E-state index is -1.10. The van der Waals surface area contributed by atoms with Crippen LogP contribution in [-0.4, -0.2) is 26.3 Å². The third-order valence-corrected chi connectivity index (χ3v) is 1.94. The number of aliphatic carboxylic acids is 1. The smallest absolute Gasteiger partial charge is 0.326 e. The Morgan fingerprint density at radius 1 is 1.64 bits per heavy atom. The number of hydrogen-bond donors (Lipinski definition) is 3. The first-order valence-electron chi connectivity index (χ1n) is 3.97. The number of hydrogen-bond acceptors (Lipinski definition) is 4. The molecule has 2 rings (SSSR count). The van der Waals surface area contributed by atoms with Crippen molar-refractivity contribution in [3.05, 3.63) is 24.0 Å². The van der Waals surface area contributed by atoms with Gasteiger partial charge in [-0.2, -0.15) is 5.10 Å². The van der Waals surface area contributed by atoms with Crippen molar-refractivity contribution in [1.82, 2.24) is 15.2 Å². The molecule has 0 aliphatic rings. The lowest BCUT2D eigenvalue weighted by Crippen LogP contribution is -2.21. The second-order valence-corrected chi connectivity index (χ2v) is 2.83. The number of pyridine rings is 1. The molecule has 2 heterocycles. The molecule has 2 aromatic heterocycles. The fraction of sp³-hybridized carbons (Fsp3) is 0.125. The molecule has 0 bridgehead atoms. The SMILES string of the molecule is NC(C(=O)O)c1[nH]nc2ncccc12. The first-order chi connectivity index (χ1) is 6.70. The maximum absolute atomic E-state index is 10.6. The van der Waals surface area contributed by atoms with Gasteiger partial charge in [0.2, 0.25) is 0 Å². The first kappa shape index (κ1) is 8.64. The van der Waals surface area contributed by atoms with E-state index < -0.39 is 12.0 Å². The number of carbonyl (C=O) groups is 1. The van der Waals surface area contributed by atoms with Crippen LogP contribution in [0.3, 0.4) is 0 Å². The quantitative estimate of drug-likeness (QED) is 0.623. The molecule has 0 fully saturated rings. The summed E-state index contributed by atoms with van der Waals surface area (Å²) in [6, 6.07) is 2.34. The van der Waals surface area contributed by atoms with E-state index in [2.05, 4.69) is 15.2 Å². The van der Waals surface area contributed by atoms with Gasteiger partial charge in [-0.15, -0.1) is 0 Å². The van der Waals surface area contributed by atoms with E-state index in [1.54, 1.807) is 18.3 Å². The average Bonchev–Trinajstić information content (AvgIpc) is 2.60. The first-order valence-corrected chi connectivity index (χ1v) is 3.97. The standard InChI is InChI=1S/C8H8N4O2/c9-5(8(13)14)6-4-2-1-3-10-7(4)12-11-6/h1-3,5H,9H2,(H,13,14)(H,10,11,12). The Bertz CT molecular complexity index is 479. The number of carboxylic acid groups (broad SMARTS) is 1. The fourth-order valence-corrected chi connectivity index (χ4v) is 1.23. The van der Waals surface area contributed by atoms with Gasteiger partial charge in [0.05, 0.1) is 5.69 Å². The highest BCUT2D eigenvalue weighted by Gasteiger charge is 2.19. The number of nitrogens with one attached hydrogen (secondary N) is 1. The van der Waals surface area contributed by atoms with E-state index in [1.807, 2.05) is 0 Å². The molecule has 0 aromatic carbocycles. The molecule has 2 aromatic rings. The highest BCUT2D eigenvalue weighted by Crippen LogP contribution is 2.18. The van der Waals surface area contributed by atoms with Crippen LogP contribution in [-0.2, 0) is 4.79 Å². The van der Waals surface area contributed by atoms with Crippen molar-refractivity contribution in [2.45, 2.75) is 6.04 Å². The number of carboxylic acids is 1. The van der Waals surface area contributed by atoms with Gasteiger partial charge in [-0.3, -0.25) is 9.89 Å². The molecule has 0 amide bonds. The maximum Gasteiger partial charge on any atom is 0.326 e. The Morgan fingerprint density at radius 2 is 2.43 bits per heavy atom. The Hall–Kier alpha value is -1.95. The summed E-state index contributed by atoms with van der Waals surface area (Å²) in [7, 11) is 0. The van der Waals surface area contributed by atoms with Crippen LogP contribution < -0.4 is 5.73 Å². The van der Waals surface area contributed by atoms with Gasteiger partial charge in [0.15, 0.2) is 5.65 Å². The number of rotatable bonds is 2. The second kappa shape index (κ2) is 3.08. The van der Waals surface area contributed by atoms with Crippen LogP contribution in [0.1, 0.15) is 11.7 Å². The minimum absolute atomic E-state index is 0.376. The largest absolute Gasteiger partial charge is 0.480 e. The predicted molar refractivity (Wildman–Crippen MR) is 48.5 cm³/mol. The summed E-state index contributed by atoms with van der Waals surface area (Å²) in [5.41, 5.74) is 6.30. The van der Waals surface area contributed by atoms with E-state index in [0.717, 1.165) is 0 Å². The van der Waals surface area contributed by atoms with Crippen LogP contribution in [0.15, 0.2) is 18.3 Å². The van der Waals surface area contributed by atoms with Gasteiger partial charge in [-0.05, 0) is 12.1 Å². The average molecular weight is 192 g/mol. The number of fused-ring (bicyclic) bond motifs is 1. The molecule has 14 heavy (non-hydrogen) atoms. The summed E-state index contributed by atoms with van der Waals surface area (Å²) in [5.74, 6) is -1.10. The monoisotopic (exact) mass is 192 g/mol. The number of nitrogens with zero attached hydrogens (tertiary/aromatic N) is 2. The normalized spacial score (nSPS) is 12.9. The summed E-state index contributed by atoms with van der Waals surface area (Å²) in [5, 5.41) is 15.8. The maximum atomic E-state index is 10.6. The summed E-state index contributed by atoms with van der Waals surface area (Å²) in [6.07, 6.45) is 1.58. The zero-order valence-electron chi connectivity index (χ0n) is 7.14. The molecule has 6 heteroatoms. The van der Waals surface area contributed by atoms with Crippen molar-refractivity contribution in [2.24, 2.45) is 5.73 Å². The highest BCUT2D eigenvalue weighted by atomic mass is 16.4. The van der Waals surface area contributed by atoms with Gasteiger partial charge in [-0.25, -0.2) is 4.98 Å². The van der Waals surface area contributed by atoms with E-state index in [1.165, 1.54) is 0 Å². The predicted octanol–water partition coefficient (Wildman–Crippen LogP) is 0.0423. The molecule has 0 aliphatic heterocycles. The highest BCUT2D eigenvalue weighted by molar-refractivity contribution is 5.85. The molecule has 6 nitrogen and oxygen atoms in total. The molecule has 72 valence electrons. The number of aromatic amines is 1. The van der Waals surface area contributed by atoms with Crippen molar-refractivity contribution in [1.29, 1.82) is 0 Å². The van der Waals surface area contributed by atoms with E-state index >= 15 is 0 Å². The van der Waals surface area contributed by atoms with Crippen molar-refractivity contribution in [2.75, 3.05) is 0 Å². The van der Waals surface area contributed by atoms with Gasteiger partial charge in [-0.1, -0.05) is 0 Å². The van der Waals surface area contributed by atoms with Gasteiger partial charge in [0.25, 0.3) is 0 Å². The summed E-state index contributed by atoms with van der Waals surface area (Å²) < 4.78 is 0. The Morgan fingerprint density at radius 3 is 3.14 bits per heavy atom. The zero-order valence-corrected chi connectivity index (χ0v) is 7.14. The molecule has 0 spiro atoms. The third kappa shape index (κ3) is 1.21. The van der Waals surface area contributed by atoms with Crippen molar-refractivity contribution in [3.63, 3.8) is 0 Å². The van der Waals surface area contributed by atoms with Crippen LogP contribution in [0.25, 0.3) is 11.0 Å². The van der Waals surface area contributed by atoms with E-state index in [-0.39, 0.29) is 0 Å². The summed E-state index contributed by atoms with van der Waals surface area (Å²) in [6.45, 7) is 0. The third-order valence-electron chi connectivity index (χ3n) is 1.94. The van der Waals surface area contributed by atoms with Crippen molar-refractivity contribution < 1.29 is 9.90 Å². The van der Waals surface area contributed by atoms with Crippen molar-refractivity contribution >= 4 is 17.0 Å². The van der Waals surface area contributed by atoms with Crippen LogP contribution in [0.4, 0.5) is 0 Å². The molecule has 1 unspecified atom stereocenters. The van der Waals surface area contributed by atoms with Gasteiger partial charge < -0.3 is 10.8 Å². The van der Waals surface area contributed by atoms with E-state index in [9.17, 15) is 4.79 Å². The molecular formula is C8H8N4O2. The lowest BCUT2D eigenvalue weighted by molar-refractivity contribution is -0.138. The van der Waals surface area contributed by atoms with E-state index in [4.69, 9.17) is 10.8 Å².